The zero-order valence-electron chi connectivity index (χ0n) is 10.9. The molecule has 0 atom stereocenters. The highest BCUT2D eigenvalue weighted by Gasteiger charge is 2.41. The summed E-state index contributed by atoms with van der Waals surface area (Å²) in [7, 11) is 1.59. The van der Waals surface area contributed by atoms with Crippen LogP contribution in [0.3, 0.4) is 0 Å². The van der Waals surface area contributed by atoms with Crippen molar-refractivity contribution in [3.8, 4) is 5.75 Å². The van der Waals surface area contributed by atoms with Gasteiger partial charge in [-0.3, -0.25) is 4.79 Å². The highest BCUT2D eigenvalue weighted by Crippen LogP contribution is 2.33. The summed E-state index contributed by atoms with van der Waals surface area (Å²) in [5.41, 5.74) is 0. The number of carbonyl (C=O) groups is 1. The summed E-state index contributed by atoms with van der Waals surface area (Å²) in [5, 5.41) is 1.88. The summed E-state index contributed by atoms with van der Waals surface area (Å²) in [6.07, 6.45) is 1.48. The normalized spacial score (nSPS) is 21.8. The van der Waals surface area contributed by atoms with E-state index < -0.39 is 5.79 Å². The Hall–Kier alpha value is -1.11. The lowest BCUT2D eigenvalue weighted by molar-refractivity contribution is -0.181. The zero-order chi connectivity index (χ0) is 13.3. The molecule has 0 saturated carbocycles. The second-order valence-electron chi connectivity index (χ2n) is 4.72. The summed E-state index contributed by atoms with van der Waals surface area (Å²) in [4.78, 5) is 14.9. The highest BCUT2D eigenvalue weighted by atomic mass is 32.1. The first-order chi connectivity index (χ1) is 9.24. The lowest BCUT2D eigenvalue weighted by atomic mass is 10.0. The van der Waals surface area contributed by atoms with Crippen LogP contribution in [0.1, 0.15) is 22.5 Å². The van der Waals surface area contributed by atoms with Crippen molar-refractivity contribution in [2.45, 2.75) is 18.6 Å². The Bertz CT molecular complexity index is 457. The summed E-state index contributed by atoms with van der Waals surface area (Å²) in [6.45, 7) is 2.65. The topological polar surface area (TPSA) is 48.0 Å². The second kappa shape index (κ2) is 5.11. The van der Waals surface area contributed by atoms with Crippen molar-refractivity contribution >= 4 is 17.2 Å². The fourth-order valence-corrected chi connectivity index (χ4v) is 3.42. The number of amides is 1. The SMILES string of the molecule is COc1ccsc1C(=O)N1CCC2(CC1)OCCO2. The van der Waals surface area contributed by atoms with Gasteiger partial charge in [0.2, 0.25) is 0 Å². The molecule has 0 bridgehead atoms. The van der Waals surface area contributed by atoms with Crippen LogP contribution >= 0.6 is 11.3 Å². The van der Waals surface area contributed by atoms with Gasteiger partial charge in [0.25, 0.3) is 5.91 Å². The minimum absolute atomic E-state index is 0.0414. The van der Waals surface area contributed by atoms with Crippen LogP contribution in [-0.2, 0) is 9.47 Å². The summed E-state index contributed by atoms with van der Waals surface area (Å²) < 4.78 is 16.5. The van der Waals surface area contributed by atoms with Gasteiger partial charge in [-0.05, 0) is 11.4 Å². The average molecular weight is 283 g/mol. The van der Waals surface area contributed by atoms with Crippen molar-refractivity contribution in [3.63, 3.8) is 0 Å². The van der Waals surface area contributed by atoms with Gasteiger partial charge in [-0.1, -0.05) is 0 Å². The highest BCUT2D eigenvalue weighted by molar-refractivity contribution is 7.12. The molecule has 1 aromatic heterocycles. The molecule has 1 spiro atoms. The van der Waals surface area contributed by atoms with Crippen molar-refractivity contribution in [2.75, 3.05) is 33.4 Å². The first-order valence-electron chi connectivity index (χ1n) is 6.43. The largest absolute Gasteiger partial charge is 0.495 e. The molecule has 3 heterocycles. The quantitative estimate of drug-likeness (QED) is 0.829. The third-order valence-corrected chi connectivity index (χ3v) is 4.55. The van der Waals surface area contributed by atoms with E-state index >= 15 is 0 Å². The molecule has 0 aliphatic carbocycles. The van der Waals surface area contributed by atoms with Gasteiger partial charge in [0.15, 0.2) is 5.79 Å². The van der Waals surface area contributed by atoms with E-state index in [1.807, 2.05) is 16.3 Å². The summed E-state index contributed by atoms with van der Waals surface area (Å²) in [5.74, 6) is 0.263. The van der Waals surface area contributed by atoms with Crippen LogP contribution < -0.4 is 4.74 Å². The molecular weight excluding hydrogens is 266 g/mol. The predicted molar refractivity (Wildman–Crippen MR) is 70.6 cm³/mol. The minimum atomic E-state index is -0.434. The lowest BCUT2D eigenvalue weighted by Gasteiger charge is -2.37. The van der Waals surface area contributed by atoms with E-state index in [-0.39, 0.29) is 5.91 Å². The molecule has 2 saturated heterocycles. The summed E-state index contributed by atoms with van der Waals surface area (Å²) in [6, 6.07) is 1.83. The molecule has 0 unspecified atom stereocenters. The number of piperidine rings is 1. The van der Waals surface area contributed by atoms with Crippen LogP contribution in [0.4, 0.5) is 0 Å². The molecule has 6 heteroatoms. The van der Waals surface area contributed by atoms with Crippen LogP contribution in [0.2, 0.25) is 0 Å². The molecule has 0 aromatic carbocycles. The number of thiophene rings is 1. The molecule has 5 nitrogen and oxygen atoms in total. The Labute approximate surface area is 116 Å². The van der Waals surface area contributed by atoms with Gasteiger partial charge in [-0.15, -0.1) is 11.3 Å². The third kappa shape index (κ3) is 2.35. The second-order valence-corrected chi connectivity index (χ2v) is 5.63. The fourth-order valence-electron chi connectivity index (χ4n) is 2.59. The molecule has 3 rings (SSSR count). The van der Waals surface area contributed by atoms with Crippen molar-refractivity contribution in [1.82, 2.24) is 4.90 Å². The molecule has 0 radical (unpaired) electrons. The standard InChI is InChI=1S/C13H17NO4S/c1-16-10-2-9-19-11(10)12(15)14-5-3-13(4-6-14)17-7-8-18-13/h2,9H,3-8H2,1H3. The van der Waals surface area contributed by atoms with Gasteiger partial charge >= 0.3 is 0 Å². The molecule has 1 amide bonds. The maximum absolute atomic E-state index is 12.4. The fraction of sp³-hybridized carbons (Fsp3) is 0.615. The predicted octanol–water partition coefficient (Wildman–Crippen LogP) is 1.74. The Kier molecular flexibility index (Phi) is 3.47. The number of carbonyl (C=O) groups excluding carboxylic acids is 1. The van der Waals surface area contributed by atoms with E-state index in [9.17, 15) is 4.79 Å². The molecule has 104 valence electrons. The number of hydrogen-bond donors (Lipinski definition) is 0. The van der Waals surface area contributed by atoms with E-state index in [1.165, 1.54) is 11.3 Å². The third-order valence-electron chi connectivity index (χ3n) is 3.67. The van der Waals surface area contributed by atoms with Crippen LogP contribution in [0.5, 0.6) is 5.75 Å². The van der Waals surface area contributed by atoms with Crippen LogP contribution in [0.25, 0.3) is 0 Å². The Balaban J connectivity index is 1.66. The van der Waals surface area contributed by atoms with E-state index in [0.29, 0.717) is 36.9 Å². The first kappa shape index (κ1) is 12.9. The Morgan fingerprint density at radius 2 is 2.05 bits per heavy atom. The Morgan fingerprint density at radius 3 is 2.68 bits per heavy atom. The van der Waals surface area contributed by atoms with Crippen molar-refractivity contribution in [2.24, 2.45) is 0 Å². The van der Waals surface area contributed by atoms with Gasteiger partial charge in [0.05, 0.1) is 20.3 Å². The first-order valence-corrected chi connectivity index (χ1v) is 7.31. The maximum Gasteiger partial charge on any atom is 0.267 e. The van der Waals surface area contributed by atoms with E-state index in [2.05, 4.69) is 0 Å². The molecule has 2 aliphatic rings. The van der Waals surface area contributed by atoms with Crippen LogP contribution in [0.15, 0.2) is 11.4 Å². The van der Waals surface area contributed by atoms with Gasteiger partial charge in [-0.2, -0.15) is 0 Å². The van der Waals surface area contributed by atoms with Gasteiger partial charge in [0, 0.05) is 25.9 Å². The average Bonchev–Trinajstić information content (AvgIpc) is 3.08. The minimum Gasteiger partial charge on any atom is -0.495 e. The van der Waals surface area contributed by atoms with Crippen LogP contribution in [0, 0.1) is 0 Å². The molecule has 0 N–H and O–H groups in total. The van der Waals surface area contributed by atoms with Crippen molar-refractivity contribution < 1.29 is 19.0 Å². The smallest absolute Gasteiger partial charge is 0.267 e. The van der Waals surface area contributed by atoms with Crippen LogP contribution in [-0.4, -0.2) is 50.0 Å². The molecule has 2 aliphatic heterocycles. The summed E-state index contributed by atoms with van der Waals surface area (Å²) >= 11 is 1.42. The molecule has 2 fully saturated rings. The molecule has 1 aromatic rings. The molecular formula is C13H17NO4S. The lowest BCUT2D eigenvalue weighted by Crippen LogP contribution is -2.47. The zero-order valence-corrected chi connectivity index (χ0v) is 11.7. The number of rotatable bonds is 2. The maximum atomic E-state index is 12.4. The van der Waals surface area contributed by atoms with E-state index in [0.717, 1.165) is 12.8 Å². The van der Waals surface area contributed by atoms with Crippen molar-refractivity contribution in [3.05, 3.63) is 16.3 Å². The number of nitrogens with zero attached hydrogens (tertiary/aromatic N) is 1. The number of hydrogen-bond acceptors (Lipinski definition) is 5. The number of ether oxygens (including phenoxy) is 3. The van der Waals surface area contributed by atoms with E-state index in [1.54, 1.807) is 7.11 Å². The van der Waals surface area contributed by atoms with Gasteiger partial charge < -0.3 is 19.1 Å². The van der Waals surface area contributed by atoms with Crippen molar-refractivity contribution in [1.29, 1.82) is 0 Å². The Morgan fingerprint density at radius 1 is 1.37 bits per heavy atom. The molecule has 19 heavy (non-hydrogen) atoms. The number of likely N-dealkylation sites (tertiary alicyclic amines) is 1. The number of methoxy groups -OCH3 is 1. The van der Waals surface area contributed by atoms with Gasteiger partial charge in [0.1, 0.15) is 10.6 Å². The van der Waals surface area contributed by atoms with E-state index in [4.69, 9.17) is 14.2 Å². The monoisotopic (exact) mass is 283 g/mol. The van der Waals surface area contributed by atoms with Gasteiger partial charge in [-0.25, -0.2) is 0 Å².